The second-order valence-corrected chi connectivity index (χ2v) is 12.6. The minimum Gasteiger partial charge on any atom is -0.348 e. The second-order valence-electron chi connectivity index (χ2n) is 12.6. The molecule has 0 spiro atoms. The molecule has 41 heavy (non-hydrogen) atoms. The summed E-state index contributed by atoms with van der Waals surface area (Å²) < 4.78 is 15.9. The molecule has 1 saturated heterocycles. The van der Waals surface area contributed by atoms with Gasteiger partial charge in [0, 0.05) is 69.4 Å². The largest absolute Gasteiger partial charge is 0.348 e. The van der Waals surface area contributed by atoms with E-state index in [9.17, 15) is 9.18 Å². The molecule has 6 nitrogen and oxygen atoms in total. The fourth-order valence-electron chi connectivity index (χ4n) is 5.46. The third-order valence-electron chi connectivity index (χ3n) is 7.59. The third-order valence-corrected chi connectivity index (χ3v) is 7.59. The van der Waals surface area contributed by atoms with Gasteiger partial charge in [-0.25, -0.2) is 4.39 Å². The maximum atomic E-state index is 14.9. The number of nitrogens with zero attached hydrogens (tertiary/aromatic N) is 3. The molecule has 0 radical (unpaired) electrons. The monoisotopic (exact) mass is 560 g/mol. The number of rotatable bonds is 12. The van der Waals surface area contributed by atoms with E-state index in [0.717, 1.165) is 73.4 Å². The molecule has 0 aromatic heterocycles. The molecule has 1 aliphatic heterocycles. The Kier molecular flexibility index (Phi) is 10.7. The van der Waals surface area contributed by atoms with Crippen LogP contribution in [0, 0.1) is 5.82 Å². The van der Waals surface area contributed by atoms with Crippen LogP contribution in [-0.2, 0) is 19.6 Å². The van der Waals surface area contributed by atoms with E-state index < -0.39 is 0 Å². The Hall–Kier alpha value is -3.10. The van der Waals surface area contributed by atoms with E-state index in [1.807, 2.05) is 36.4 Å². The Balaban J connectivity index is 1.35. The first-order chi connectivity index (χ1) is 19.6. The number of quaternary nitrogens is 1. The Morgan fingerprint density at radius 1 is 1.05 bits per heavy atom. The smallest absolute Gasteiger partial charge is 0.251 e. The third kappa shape index (κ3) is 9.75. The molecule has 7 heteroatoms. The van der Waals surface area contributed by atoms with Crippen LogP contribution in [0.15, 0.2) is 66.7 Å². The second kappa shape index (κ2) is 14.2. The molecule has 3 aromatic carbocycles. The van der Waals surface area contributed by atoms with Gasteiger partial charge in [0.2, 0.25) is 0 Å². The summed E-state index contributed by atoms with van der Waals surface area (Å²) in [5.74, 6) is -0.385. The van der Waals surface area contributed by atoms with E-state index >= 15 is 0 Å². The number of hydrogen-bond acceptors (Lipinski definition) is 4. The van der Waals surface area contributed by atoms with E-state index in [-0.39, 0.29) is 11.7 Å². The van der Waals surface area contributed by atoms with Gasteiger partial charge in [-0.05, 0) is 66.6 Å². The van der Waals surface area contributed by atoms with Gasteiger partial charge in [-0.1, -0.05) is 36.4 Å². The van der Waals surface area contributed by atoms with Crippen LogP contribution in [0.3, 0.4) is 0 Å². The molecule has 0 saturated carbocycles. The van der Waals surface area contributed by atoms with E-state index in [1.54, 1.807) is 6.07 Å². The lowest BCUT2D eigenvalue weighted by Gasteiger charge is -2.31. The van der Waals surface area contributed by atoms with Gasteiger partial charge < -0.3 is 20.0 Å². The molecule has 1 amide bonds. The Bertz CT molecular complexity index is 1300. The lowest BCUT2D eigenvalue weighted by Crippen LogP contribution is -2.48. The molecule has 1 fully saturated rings. The van der Waals surface area contributed by atoms with Crippen LogP contribution in [0.1, 0.15) is 40.4 Å². The molecular formula is C34H47FN5O+. The molecule has 4 rings (SSSR count). The van der Waals surface area contributed by atoms with Crippen LogP contribution in [0.25, 0.3) is 11.1 Å². The minimum atomic E-state index is -0.258. The van der Waals surface area contributed by atoms with Gasteiger partial charge in [-0.2, -0.15) is 0 Å². The number of halogens is 1. The number of carbonyl (C=O) groups excluding carboxylic acids is 1. The Morgan fingerprint density at radius 3 is 2.61 bits per heavy atom. The summed E-state index contributed by atoms with van der Waals surface area (Å²) in [6.07, 6.45) is 1.12. The van der Waals surface area contributed by atoms with E-state index in [1.165, 1.54) is 11.6 Å². The van der Waals surface area contributed by atoms with Crippen molar-refractivity contribution in [1.82, 2.24) is 20.4 Å². The van der Waals surface area contributed by atoms with E-state index in [4.69, 9.17) is 0 Å². The zero-order valence-corrected chi connectivity index (χ0v) is 25.4. The highest BCUT2D eigenvalue weighted by Gasteiger charge is 2.16. The van der Waals surface area contributed by atoms with Gasteiger partial charge in [0.15, 0.2) is 0 Å². The molecule has 2 N–H and O–H groups in total. The van der Waals surface area contributed by atoms with Crippen LogP contribution in [0.2, 0.25) is 0 Å². The standard InChI is InChI=1S/C34H46FN5O/c1-26-23-39(17-15-36-26)25-29-10-6-11-30(19-29)32-21-27(13-14-33(32)35)22-37-34(41)31-12-7-9-28(20-31)24-38(2)16-8-18-40(3,4)5/h6-7,9-14,19-21,26,36H,8,15-18,22-25H2,1-5H3/p+1/t26-/m0/s1. The van der Waals surface area contributed by atoms with Gasteiger partial charge in [0.05, 0.1) is 27.7 Å². The van der Waals surface area contributed by atoms with Crippen molar-refractivity contribution in [1.29, 1.82) is 0 Å². The quantitative estimate of drug-likeness (QED) is 0.314. The summed E-state index contributed by atoms with van der Waals surface area (Å²) in [6.45, 7) is 9.32. The van der Waals surface area contributed by atoms with Crippen molar-refractivity contribution in [3.05, 3.63) is 94.8 Å². The summed E-state index contributed by atoms with van der Waals surface area (Å²) in [4.78, 5) is 17.7. The first-order valence-corrected chi connectivity index (χ1v) is 14.8. The van der Waals surface area contributed by atoms with Crippen molar-refractivity contribution >= 4 is 5.91 Å². The van der Waals surface area contributed by atoms with Crippen molar-refractivity contribution in [3.8, 4) is 11.1 Å². The fraction of sp³-hybridized carbons (Fsp3) is 0.441. The molecule has 220 valence electrons. The van der Waals surface area contributed by atoms with Gasteiger partial charge in [0.1, 0.15) is 5.82 Å². The molecule has 0 bridgehead atoms. The first-order valence-electron chi connectivity index (χ1n) is 14.8. The maximum Gasteiger partial charge on any atom is 0.251 e. The minimum absolute atomic E-state index is 0.127. The SMILES string of the molecule is C[C@H]1CN(Cc2cccc(-c3cc(CNC(=O)c4cccc(CN(C)CCC[N+](C)(C)C)c4)ccc3F)c2)CCN1. The summed E-state index contributed by atoms with van der Waals surface area (Å²) in [5, 5.41) is 6.50. The van der Waals surface area contributed by atoms with Crippen molar-refractivity contribution in [2.75, 3.05) is 60.9 Å². The summed E-state index contributed by atoms with van der Waals surface area (Å²) in [5.41, 5.74) is 5.21. The number of amides is 1. The summed E-state index contributed by atoms with van der Waals surface area (Å²) in [7, 11) is 8.75. The molecule has 3 aromatic rings. The zero-order chi connectivity index (χ0) is 29.4. The van der Waals surface area contributed by atoms with Crippen LogP contribution < -0.4 is 10.6 Å². The predicted molar refractivity (Wildman–Crippen MR) is 166 cm³/mol. The van der Waals surface area contributed by atoms with Crippen LogP contribution in [0.4, 0.5) is 4.39 Å². The lowest BCUT2D eigenvalue weighted by atomic mass is 10.00. The fourth-order valence-corrected chi connectivity index (χ4v) is 5.46. The Morgan fingerprint density at radius 2 is 1.83 bits per heavy atom. The average molecular weight is 561 g/mol. The number of piperazine rings is 1. The molecule has 1 aliphatic rings. The van der Waals surface area contributed by atoms with Crippen LogP contribution >= 0.6 is 0 Å². The van der Waals surface area contributed by atoms with E-state index in [2.05, 4.69) is 73.7 Å². The lowest BCUT2D eigenvalue weighted by molar-refractivity contribution is -0.870. The van der Waals surface area contributed by atoms with Gasteiger partial charge in [0.25, 0.3) is 5.91 Å². The molecule has 1 atom stereocenters. The topological polar surface area (TPSA) is 47.6 Å². The van der Waals surface area contributed by atoms with Gasteiger partial charge in [-0.15, -0.1) is 0 Å². The van der Waals surface area contributed by atoms with Crippen molar-refractivity contribution < 1.29 is 13.7 Å². The summed E-state index contributed by atoms with van der Waals surface area (Å²) >= 11 is 0. The molecular weight excluding hydrogens is 513 g/mol. The highest BCUT2D eigenvalue weighted by atomic mass is 19.1. The van der Waals surface area contributed by atoms with Crippen molar-refractivity contribution in [3.63, 3.8) is 0 Å². The maximum absolute atomic E-state index is 14.9. The first kappa shape index (κ1) is 30.8. The number of nitrogens with one attached hydrogen (secondary N) is 2. The Labute approximate surface area is 245 Å². The van der Waals surface area contributed by atoms with Crippen molar-refractivity contribution in [2.45, 2.75) is 39.0 Å². The predicted octanol–water partition coefficient (Wildman–Crippen LogP) is 4.74. The normalized spacial score (nSPS) is 16.2. The van der Waals surface area contributed by atoms with Gasteiger partial charge >= 0.3 is 0 Å². The average Bonchev–Trinajstić information content (AvgIpc) is 2.92. The number of carbonyl (C=O) groups is 1. The molecule has 0 unspecified atom stereocenters. The summed E-state index contributed by atoms with van der Waals surface area (Å²) in [6, 6.07) is 21.5. The van der Waals surface area contributed by atoms with Crippen LogP contribution in [-0.4, -0.2) is 87.1 Å². The molecule has 0 aliphatic carbocycles. The number of hydrogen-bond donors (Lipinski definition) is 2. The highest BCUT2D eigenvalue weighted by Crippen LogP contribution is 2.26. The zero-order valence-electron chi connectivity index (χ0n) is 25.4. The molecule has 1 heterocycles. The van der Waals surface area contributed by atoms with E-state index in [0.29, 0.717) is 23.7 Å². The van der Waals surface area contributed by atoms with Crippen molar-refractivity contribution in [2.24, 2.45) is 0 Å². The highest BCUT2D eigenvalue weighted by molar-refractivity contribution is 5.94. The number of benzene rings is 3. The van der Waals surface area contributed by atoms with Crippen LogP contribution in [0.5, 0.6) is 0 Å². The van der Waals surface area contributed by atoms with Gasteiger partial charge in [-0.3, -0.25) is 9.69 Å².